The van der Waals surface area contributed by atoms with Crippen LogP contribution in [0, 0.1) is 5.82 Å². The highest BCUT2D eigenvalue weighted by Crippen LogP contribution is 2.33. The molecule has 0 aliphatic rings. The van der Waals surface area contributed by atoms with Crippen LogP contribution in [0.4, 0.5) is 4.39 Å². The molecule has 2 aromatic rings. The molecular weight excluding hydrogens is 377 g/mol. The molecular formula is C14H12Br2FNO. The number of rotatable bonds is 3. The van der Waals surface area contributed by atoms with E-state index in [1.807, 2.05) is 25.1 Å². The lowest BCUT2D eigenvalue weighted by molar-refractivity contribution is 0.466. The topological polar surface area (TPSA) is 35.2 Å². The van der Waals surface area contributed by atoms with Gasteiger partial charge in [-0.15, -0.1) is 0 Å². The largest absolute Gasteiger partial charge is 0.457 e. The second-order valence-electron chi connectivity index (χ2n) is 4.18. The maximum Gasteiger partial charge on any atom is 0.133 e. The summed E-state index contributed by atoms with van der Waals surface area (Å²) >= 11 is 6.62. The van der Waals surface area contributed by atoms with Crippen LogP contribution in [0.1, 0.15) is 18.5 Å². The second-order valence-corrected chi connectivity index (χ2v) is 6.01. The Balaban J connectivity index is 2.39. The first-order chi connectivity index (χ1) is 8.95. The van der Waals surface area contributed by atoms with Gasteiger partial charge in [-0.25, -0.2) is 4.39 Å². The lowest BCUT2D eigenvalue weighted by Gasteiger charge is -2.14. The lowest BCUT2D eigenvalue weighted by atomic mass is 10.1. The van der Waals surface area contributed by atoms with Crippen molar-refractivity contribution in [1.29, 1.82) is 0 Å². The molecule has 0 saturated heterocycles. The molecule has 0 heterocycles. The molecule has 1 unspecified atom stereocenters. The highest BCUT2D eigenvalue weighted by atomic mass is 79.9. The van der Waals surface area contributed by atoms with Gasteiger partial charge >= 0.3 is 0 Å². The Morgan fingerprint density at radius 3 is 2.47 bits per heavy atom. The van der Waals surface area contributed by atoms with Gasteiger partial charge in [-0.3, -0.25) is 0 Å². The van der Waals surface area contributed by atoms with Crippen molar-refractivity contribution < 1.29 is 9.13 Å². The van der Waals surface area contributed by atoms with Crippen LogP contribution in [0.25, 0.3) is 0 Å². The van der Waals surface area contributed by atoms with E-state index in [-0.39, 0.29) is 11.9 Å². The smallest absolute Gasteiger partial charge is 0.133 e. The van der Waals surface area contributed by atoms with Gasteiger partial charge in [0.15, 0.2) is 0 Å². The van der Waals surface area contributed by atoms with Crippen LogP contribution in [0.3, 0.4) is 0 Å². The molecule has 0 aliphatic carbocycles. The van der Waals surface area contributed by atoms with Gasteiger partial charge in [0.25, 0.3) is 0 Å². The number of hydrogen-bond acceptors (Lipinski definition) is 2. The van der Waals surface area contributed by atoms with E-state index in [9.17, 15) is 4.39 Å². The molecule has 0 aromatic heterocycles. The van der Waals surface area contributed by atoms with Crippen molar-refractivity contribution >= 4 is 31.9 Å². The van der Waals surface area contributed by atoms with Crippen LogP contribution >= 0.6 is 31.9 Å². The molecule has 19 heavy (non-hydrogen) atoms. The summed E-state index contributed by atoms with van der Waals surface area (Å²) in [6.45, 7) is 1.87. The SMILES string of the molecule is CC(N)c1ccc(Br)cc1Oc1cc(F)cc(Br)c1. The average Bonchev–Trinajstić information content (AvgIpc) is 2.26. The molecule has 5 heteroatoms. The van der Waals surface area contributed by atoms with E-state index in [2.05, 4.69) is 31.9 Å². The summed E-state index contributed by atoms with van der Waals surface area (Å²) in [4.78, 5) is 0. The third kappa shape index (κ3) is 3.78. The quantitative estimate of drug-likeness (QED) is 0.787. The average molecular weight is 389 g/mol. The Morgan fingerprint density at radius 2 is 1.84 bits per heavy atom. The van der Waals surface area contributed by atoms with Crippen LogP contribution in [-0.2, 0) is 0 Å². The molecule has 2 rings (SSSR count). The second kappa shape index (κ2) is 6.03. The minimum absolute atomic E-state index is 0.167. The summed E-state index contributed by atoms with van der Waals surface area (Å²) in [5.74, 6) is 0.676. The lowest BCUT2D eigenvalue weighted by Crippen LogP contribution is -2.06. The van der Waals surface area contributed by atoms with Gasteiger partial charge < -0.3 is 10.5 Å². The zero-order valence-electron chi connectivity index (χ0n) is 10.2. The fraction of sp³-hybridized carbons (Fsp3) is 0.143. The Kier molecular flexibility index (Phi) is 4.60. The van der Waals surface area contributed by atoms with Gasteiger partial charge in [0.05, 0.1) is 0 Å². The minimum atomic E-state index is -0.360. The van der Waals surface area contributed by atoms with Crippen molar-refractivity contribution in [3.05, 3.63) is 56.7 Å². The summed E-state index contributed by atoms with van der Waals surface area (Å²) in [6, 6.07) is 9.84. The van der Waals surface area contributed by atoms with E-state index < -0.39 is 0 Å². The number of benzene rings is 2. The fourth-order valence-electron chi connectivity index (χ4n) is 1.69. The predicted octanol–water partition coefficient (Wildman–Crippen LogP) is 5.16. The molecule has 2 nitrogen and oxygen atoms in total. The molecule has 2 N–H and O–H groups in total. The van der Waals surface area contributed by atoms with Crippen molar-refractivity contribution in [2.24, 2.45) is 5.73 Å². The van der Waals surface area contributed by atoms with Crippen LogP contribution in [0.15, 0.2) is 45.3 Å². The van der Waals surface area contributed by atoms with Crippen LogP contribution < -0.4 is 10.5 Å². The zero-order chi connectivity index (χ0) is 14.0. The van der Waals surface area contributed by atoms with Gasteiger partial charge in [-0.05, 0) is 31.2 Å². The van der Waals surface area contributed by atoms with E-state index in [0.717, 1.165) is 10.0 Å². The van der Waals surface area contributed by atoms with Crippen molar-refractivity contribution in [3.63, 3.8) is 0 Å². The molecule has 2 aromatic carbocycles. The van der Waals surface area contributed by atoms with Crippen LogP contribution in [0.2, 0.25) is 0 Å². The van der Waals surface area contributed by atoms with Crippen LogP contribution in [0.5, 0.6) is 11.5 Å². The Bertz CT molecular complexity index is 582. The van der Waals surface area contributed by atoms with Crippen molar-refractivity contribution in [2.75, 3.05) is 0 Å². The van der Waals surface area contributed by atoms with Crippen LogP contribution in [-0.4, -0.2) is 0 Å². The molecule has 0 radical (unpaired) electrons. The normalized spacial score (nSPS) is 12.3. The highest BCUT2D eigenvalue weighted by Gasteiger charge is 2.10. The molecule has 0 saturated carbocycles. The predicted molar refractivity (Wildman–Crippen MR) is 80.9 cm³/mol. The summed E-state index contributed by atoms with van der Waals surface area (Å²) in [5.41, 5.74) is 6.76. The standard InChI is InChI=1S/C14H12Br2FNO/c1-8(18)13-3-2-9(15)6-14(13)19-12-5-10(16)4-11(17)7-12/h2-8H,18H2,1H3. The van der Waals surface area contributed by atoms with Crippen molar-refractivity contribution in [2.45, 2.75) is 13.0 Å². The Labute approximate surface area is 128 Å². The number of hydrogen-bond donors (Lipinski definition) is 1. The first-order valence-electron chi connectivity index (χ1n) is 5.64. The third-order valence-electron chi connectivity index (χ3n) is 2.53. The minimum Gasteiger partial charge on any atom is -0.457 e. The van der Waals surface area contributed by atoms with E-state index >= 15 is 0 Å². The summed E-state index contributed by atoms with van der Waals surface area (Å²) in [6.07, 6.45) is 0. The number of ether oxygens (including phenoxy) is 1. The molecule has 0 amide bonds. The van der Waals surface area contributed by atoms with E-state index in [1.165, 1.54) is 12.1 Å². The Hall–Kier alpha value is -0.910. The molecule has 0 aliphatic heterocycles. The van der Waals surface area contributed by atoms with Crippen molar-refractivity contribution in [3.8, 4) is 11.5 Å². The van der Waals surface area contributed by atoms with E-state index in [1.54, 1.807) is 6.07 Å². The molecule has 0 spiro atoms. The first kappa shape index (κ1) is 14.5. The van der Waals surface area contributed by atoms with Gasteiger partial charge in [0.2, 0.25) is 0 Å². The maximum atomic E-state index is 13.3. The van der Waals surface area contributed by atoms with Gasteiger partial charge in [-0.2, -0.15) is 0 Å². The summed E-state index contributed by atoms with van der Waals surface area (Å²) in [5, 5.41) is 0. The van der Waals surface area contributed by atoms with Crippen molar-refractivity contribution in [1.82, 2.24) is 0 Å². The molecule has 0 bridgehead atoms. The van der Waals surface area contributed by atoms with Gasteiger partial charge in [-0.1, -0.05) is 37.9 Å². The maximum absolute atomic E-state index is 13.3. The highest BCUT2D eigenvalue weighted by molar-refractivity contribution is 9.10. The first-order valence-corrected chi connectivity index (χ1v) is 7.23. The molecule has 0 fully saturated rings. The van der Waals surface area contributed by atoms with E-state index in [0.29, 0.717) is 16.0 Å². The summed E-state index contributed by atoms with van der Waals surface area (Å²) < 4.78 is 20.6. The number of halogens is 3. The van der Waals surface area contributed by atoms with Gasteiger partial charge in [0, 0.05) is 26.6 Å². The third-order valence-corrected chi connectivity index (χ3v) is 3.48. The number of nitrogens with two attached hydrogens (primary N) is 1. The summed E-state index contributed by atoms with van der Waals surface area (Å²) in [7, 11) is 0. The molecule has 100 valence electrons. The van der Waals surface area contributed by atoms with E-state index in [4.69, 9.17) is 10.5 Å². The monoisotopic (exact) mass is 387 g/mol. The van der Waals surface area contributed by atoms with Gasteiger partial charge in [0.1, 0.15) is 17.3 Å². The Morgan fingerprint density at radius 1 is 1.11 bits per heavy atom. The fourth-order valence-corrected chi connectivity index (χ4v) is 2.47. The molecule has 1 atom stereocenters. The zero-order valence-corrected chi connectivity index (χ0v) is 13.3.